The number of hydrogen-bond acceptors (Lipinski definition) is 5. The van der Waals surface area contributed by atoms with Crippen molar-refractivity contribution >= 4 is 11.8 Å². The van der Waals surface area contributed by atoms with Gasteiger partial charge in [-0.05, 0) is 37.6 Å². The number of likely N-dealkylation sites (tertiary alicyclic amines) is 1. The van der Waals surface area contributed by atoms with E-state index in [0.29, 0.717) is 49.7 Å². The number of methoxy groups -OCH3 is 1. The van der Waals surface area contributed by atoms with Crippen LogP contribution in [0.5, 0.6) is 11.5 Å². The van der Waals surface area contributed by atoms with Gasteiger partial charge in [-0.25, -0.2) is 0 Å². The molecule has 0 aliphatic carbocycles. The van der Waals surface area contributed by atoms with Gasteiger partial charge < -0.3 is 25.4 Å². The van der Waals surface area contributed by atoms with Crippen LogP contribution in [0.3, 0.4) is 0 Å². The fourth-order valence-corrected chi connectivity index (χ4v) is 3.49. The lowest BCUT2D eigenvalue weighted by atomic mass is 9.93. The predicted octanol–water partition coefficient (Wildman–Crippen LogP) is 0.773. The van der Waals surface area contributed by atoms with Crippen molar-refractivity contribution in [1.29, 1.82) is 0 Å². The monoisotopic (exact) mass is 347 g/mol. The molecule has 2 fully saturated rings. The standard InChI is InChI=1S/C18H25N3O4/c1-24-15-4-3-12(9-16(15)25-8-2-6-19)18(23)21-7-5-14-13(11-21)10-17(22)20-14/h3-4,9,13-14H,2,5-8,10-11,19H2,1H3,(H,20,22)/t13-,14+/m1/s1. The first-order chi connectivity index (χ1) is 12.1. The Hall–Kier alpha value is -2.28. The summed E-state index contributed by atoms with van der Waals surface area (Å²) in [4.78, 5) is 26.2. The van der Waals surface area contributed by atoms with Gasteiger partial charge in [0.1, 0.15) is 0 Å². The Balaban J connectivity index is 1.71. The highest BCUT2D eigenvalue weighted by Gasteiger charge is 2.38. The largest absolute Gasteiger partial charge is 0.493 e. The number of benzene rings is 1. The van der Waals surface area contributed by atoms with Crippen molar-refractivity contribution in [3.8, 4) is 11.5 Å². The van der Waals surface area contributed by atoms with E-state index in [0.717, 1.165) is 12.8 Å². The maximum Gasteiger partial charge on any atom is 0.254 e. The predicted molar refractivity (Wildman–Crippen MR) is 92.7 cm³/mol. The zero-order valence-corrected chi connectivity index (χ0v) is 14.5. The average Bonchev–Trinajstić information content (AvgIpc) is 3.00. The van der Waals surface area contributed by atoms with E-state index in [1.165, 1.54) is 0 Å². The van der Waals surface area contributed by atoms with Crippen LogP contribution in [0.1, 0.15) is 29.6 Å². The van der Waals surface area contributed by atoms with E-state index in [4.69, 9.17) is 15.2 Å². The number of nitrogens with zero attached hydrogens (tertiary/aromatic N) is 1. The Morgan fingerprint density at radius 1 is 1.40 bits per heavy atom. The number of nitrogens with two attached hydrogens (primary N) is 1. The van der Waals surface area contributed by atoms with Crippen molar-refractivity contribution in [3.05, 3.63) is 23.8 Å². The lowest BCUT2D eigenvalue weighted by molar-refractivity contribution is -0.119. The van der Waals surface area contributed by atoms with Gasteiger partial charge in [0.25, 0.3) is 5.91 Å². The molecule has 2 saturated heterocycles. The number of amides is 2. The third-order valence-corrected chi connectivity index (χ3v) is 4.83. The van der Waals surface area contributed by atoms with Crippen molar-refractivity contribution in [2.45, 2.75) is 25.3 Å². The molecule has 2 amide bonds. The molecule has 3 rings (SSSR count). The van der Waals surface area contributed by atoms with Crippen LogP contribution in [0.15, 0.2) is 18.2 Å². The van der Waals surface area contributed by atoms with Crippen LogP contribution in [-0.4, -0.2) is 56.1 Å². The number of piperidine rings is 1. The van der Waals surface area contributed by atoms with Crippen LogP contribution in [0, 0.1) is 5.92 Å². The molecule has 2 aliphatic rings. The van der Waals surface area contributed by atoms with Gasteiger partial charge in [-0.15, -0.1) is 0 Å². The van der Waals surface area contributed by atoms with Gasteiger partial charge in [-0.1, -0.05) is 0 Å². The first-order valence-electron chi connectivity index (χ1n) is 8.72. The Labute approximate surface area is 147 Å². The molecule has 0 spiro atoms. The first-order valence-corrected chi connectivity index (χ1v) is 8.72. The number of carbonyl (C=O) groups is 2. The second-order valence-electron chi connectivity index (χ2n) is 6.53. The van der Waals surface area contributed by atoms with Crippen LogP contribution in [0.2, 0.25) is 0 Å². The van der Waals surface area contributed by atoms with Crippen molar-refractivity contribution in [3.63, 3.8) is 0 Å². The highest BCUT2D eigenvalue weighted by atomic mass is 16.5. The highest BCUT2D eigenvalue weighted by molar-refractivity contribution is 5.95. The van der Waals surface area contributed by atoms with Crippen LogP contribution < -0.4 is 20.5 Å². The zero-order chi connectivity index (χ0) is 17.8. The van der Waals surface area contributed by atoms with Gasteiger partial charge in [-0.2, -0.15) is 0 Å². The minimum absolute atomic E-state index is 0.0378. The third kappa shape index (κ3) is 3.87. The number of rotatable bonds is 6. The molecule has 2 atom stereocenters. The summed E-state index contributed by atoms with van der Waals surface area (Å²) < 4.78 is 11.0. The second-order valence-corrected chi connectivity index (χ2v) is 6.53. The number of carbonyl (C=O) groups excluding carboxylic acids is 2. The molecule has 0 radical (unpaired) electrons. The summed E-state index contributed by atoms with van der Waals surface area (Å²) in [6.07, 6.45) is 2.04. The number of fused-ring (bicyclic) bond motifs is 1. The Morgan fingerprint density at radius 2 is 2.24 bits per heavy atom. The molecule has 136 valence electrons. The lowest BCUT2D eigenvalue weighted by Crippen LogP contribution is -2.47. The van der Waals surface area contributed by atoms with E-state index in [1.807, 2.05) is 4.90 Å². The lowest BCUT2D eigenvalue weighted by Gasteiger charge is -2.34. The molecule has 1 aromatic rings. The van der Waals surface area contributed by atoms with Gasteiger partial charge >= 0.3 is 0 Å². The molecule has 1 aromatic carbocycles. The average molecular weight is 347 g/mol. The first kappa shape index (κ1) is 17.5. The Kier molecular flexibility index (Phi) is 5.43. The molecule has 7 nitrogen and oxygen atoms in total. The number of ether oxygens (including phenoxy) is 2. The molecule has 0 saturated carbocycles. The number of nitrogens with one attached hydrogen (secondary N) is 1. The zero-order valence-electron chi connectivity index (χ0n) is 14.5. The molecule has 3 N–H and O–H groups in total. The summed E-state index contributed by atoms with van der Waals surface area (Å²) in [5, 5.41) is 2.98. The van der Waals surface area contributed by atoms with E-state index < -0.39 is 0 Å². The fraction of sp³-hybridized carbons (Fsp3) is 0.556. The van der Waals surface area contributed by atoms with E-state index in [9.17, 15) is 9.59 Å². The van der Waals surface area contributed by atoms with E-state index in [-0.39, 0.29) is 23.8 Å². The molecule has 25 heavy (non-hydrogen) atoms. The Bertz CT molecular complexity index is 649. The second kappa shape index (κ2) is 7.74. The normalized spacial score (nSPS) is 22.3. The molecule has 0 aromatic heterocycles. The minimum atomic E-state index is -0.0378. The van der Waals surface area contributed by atoms with Gasteiger partial charge in [-0.3, -0.25) is 9.59 Å². The molecule has 0 unspecified atom stereocenters. The minimum Gasteiger partial charge on any atom is -0.493 e. The molecule has 2 aliphatic heterocycles. The topological polar surface area (TPSA) is 93.9 Å². The summed E-state index contributed by atoms with van der Waals surface area (Å²) in [6.45, 7) is 2.28. The van der Waals surface area contributed by atoms with Crippen LogP contribution in [0.4, 0.5) is 0 Å². The van der Waals surface area contributed by atoms with Crippen LogP contribution >= 0.6 is 0 Å². The molecule has 7 heteroatoms. The van der Waals surface area contributed by atoms with Crippen molar-refractivity contribution in [2.24, 2.45) is 11.7 Å². The van der Waals surface area contributed by atoms with Crippen LogP contribution in [-0.2, 0) is 4.79 Å². The summed E-state index contributed by atoms with van der Waals surface area (Å²) in [5.74, 6) is 1.41. The molecule has 0 bridgehead atoms. The Morgan fingerprint density at radius 3 is 3.00 bits per heavy atom. The highest BCUT2D eigenvalue weighted by Crippen LogP contribution is 2.30. The SMILES string of the molecule is COc1ccc(C(=O)N2CC[C@@H]3NC(=O)C[C@@H]3C2)cc1OCCCN. The maximum atomic E-state index is 12.9. The van der Waals surface area contributed by atoms with Gasteiger partial charge in [0.2, 0.25) is 5.91 Å². The summed E-state index contributed by atoms with van der Waals surface area (Å²) in [7, 11) is 1.57. The fourth-order valence-electron chi connectivity index (χ4n) is 3.49. The molecular formula is C18H25N3O4. The third-order valence-electron chi connectivity index (χ3n) is 4.83. The maximum absolute atomic E-state index is 12.9. The quantitative estimate of drug-likeness (QED) is 0.742. The van der Waals surface area contributed by atoms with Crippen molar-refractivity contribution < 1.29 is 19.1 Å². The molecule has 2 heterocycles. The van der Waals surface area contributed by atoms with Gasteiger partial charge in [0, 0.05) is 37.0 Å². The van der Waals surface area contributed by atoms with Crippen molar-refractivity contribution in [1.82, 2.24) is 10.2 Å². The summed E-state index contributed by atoms with van der Waals surface area (Å²) in [5.41, 5.74) is 6.06. The van der Waals surface area contributed by atoms with Gasteiger partial charge in [0.05, 0.1) is 13.7 Å². The van der Waals surface area contributed by atoms with E-state index in [2.05, 4.69) is 5.32 Å². The molecular weight excluding hydrogens is 322 g/mol. The van der Waals surface area contributed by atoms with Crippen molar-refractivity contribution in [2.75, 3.05) is 33.4 Å². The van der Waals surface area contributed by atoms with Gasteiger partial charge in [0.15, 0.2) is 11.5 Å². The van der Waals surface area contributed by atoms with Crippen LogP contribution in [0.25, 0.3) is 0 Å². The summed E-state index contributed by atoms with van der Waals surface area (Å²) >= 11 is 0. The van der Waals surface area contributed by atoms with E-state index >= 15 is 0 Å². The van der Waals surface area contributed by atoms with E-state index in [1.54, 1.807) is 25.3 Å². The number of hydrogen-bond donors (Lipinski definition) is 2. The summed E-state index contributed by atoms with van der Waals surface area (Å²) in [6, 6.07) is 5.43. The smallest absolute Gasteiger partial charge is 0.254 e.